The molecule has 1 unspecified atom stereocenters. The minimum atomic E-state index is 0.00262. The van der Waals surface area contributed by atoms with Crippen molar-refractivity contribution in [1.29, 1.82) is 0 Å². The van der Waals surface area contributed by atoms with Gasteiger partial charge in [0, 0.05) is 10.9 Å². The fourth-order valence-electron chi connectivity index (χ4n) is 4.30. The fraction of sp³-hybridized carbons (Fsp3) is 0.391. The summed E-state index contributed by atoms with van der Waals surface area (Å²) in [6, 6.07) is 10.3. The number of rotatable bonds is 7. The number of nitrogens with one attached hydrogen (secondary N) is 1. The van der Waals surface area contributed by atoms with Gasteiger partial charge in [0.1, 0.15) is 4.83 Å². The summed E-state index contributed by atoms with van der Waals surface area (Å²) in [4.78, 5) is 20.0. The molecule has 5 rings (SSSR count). The molecule has 32 heavy (non-hydrogen) atoms. The highest BCUT2D eigenvalue weighted by Crippen LogP contribution is 2.39. The molecule has 0 fully saturated rings. The predicted octanol–water partition coefficient (Wildman–Crippen LogP) is 4.78. The van der Waals surface area contributed by atoms with Crippen LogP contribution in [0.2, 0.25) is 0 Å². The molecule has 0 saturated heterocycles. The van der Waals surface area contributed by atoms with Crippen LogP contribution in [-0.2, 0) is 24.1 Å². The van der Waals surface area contributed by atoms with E-state index in [-0.39, 0.29) is 11.9 Å². The number of thioether (sulfide) groups is 2. The number of hydrogen-bond acceptors (Lipinski definition) is 7. The maximum atomic E-state index is 12.6. The van der Waals surface area contributed by atoms with Crippen LogP contribution in [0.4, 0.5) is 0 Å². The first-order valence-electron chi connectivity index (χ1n) is 10.8. The highest BCUT2D eigenvalue weighted by atomic mass is 32.2. The Hall–Kier alpha value is -2.10. The Kier molecular flexibility index (Phi) is 6.39. The van der Waals surface area contributed by atoms with Gasteiger partial charge in [0.15, 0.2) is 16.0 Å². The van der Waals surface area contributed by atoms with E-state index in [2.05, 4.69) is 27.6 Å². The summed E-state index contributed by atoms with van der Waals surface area (Å²) >= 11 is 4.81. The van der Waals surface area contributed by atoms with Crippen molar-refractivity contribution in [3.8, 4) is 0 Å². The molecular weight excluding hydrogens is 458 g/mol. The lowest BCUT2D eigenvalue weighted by Gasteiger charge is -2.13. The van der Waals surface area contributed by atoms with Crippen molar-refractivity contribution in [1.82, 2.24) is 24.9 Å². The number of thiophene rings is 1. The third-order valence-electron chi connectivity index (χ3n) is 5.71. The molecule has 3 aromatic heterocycles. The van der Waals surface area contributed by atoms with Crippen molar-refractivity contribution in [2.75, 3.05) is 12.0 Å². The number of hydrogen-bond donors (Lipinski definition) is 1. The Balaban J connectivity index is 1.35. The van der Waals surface area contributed by atoms with Crippen molar-refractivity contribution in [3.05, 3.63) is 46.3 Å². The maximum Gasteiger partial charge on any atom is 0.230 e. The highest BCUT2D eigenvalue weighted by molar-refractivity contribution is 8.00. The molecule has 166 valence electrons. The van der Waals surface area contributed by atoms with E-state index in [0.29, 0.717) is 5.75 Å². The Morgan fingerprint density at radius 3 is 2.81 bits per heavy atom. The number of aryl methyl sites for hydroxylation is 2. The van der Waals surface area contributed by atoms with Crippen LogP contribution in [0.15, 0.2) is 40.6 Å². The van der Waals surface area contributed by atoms with Crippen LogP contribution in [0.3, 0.4) is 0 Å². The van der Waals surface area contributed by atoms with Crippen molar-refractivity contribution in [2.24, 2.45) is 0 Å². The van der Waals surface area contributed by atoms with Gasteiger partial charge in [0.05, 0.1) is 11.1 Å². The molecule has 1 aromatic carbocycles. The second-order valence-corrected chi connectivity index (χ2v) is 10.9. The molecule has 1 aliphatic carbocycles. The number of carbonyl (C=O) groups excluding carboxylic acids is 1. The molecule has 0 aliphatic heterocycles. The fourth-order valence-corrected chi connectivity index (χ4v) is 6.95. The van der Waals surface area contributed by atoms with Gasteiger partial charge in [-0.25, -0.2) is 9.38 Å². The lowest BCUT2D eigenvalue weighted by atomic mass is 9.97. The van der Waals surface area contributed by atoms with Gasteiger partial charge in [-0.2, -0.15) is 0 Å². The molecular formula is C23H25N5OS3. The number of carbonyl (C=O) groups is 1. The van der Waals surface area contributed by atoms with Crippen molar-refractivity contribution >= 4 is 56.6 Å². The summed E-state index contributed by atoms with van der Waals surface area (Å²) in [6.45, 7) is 2.04. The third kappa shape index (κ3) is 4.25. The van der Waals surface area contributed by atoms with E-state index in [0.717, 1.165) is 45.4 Å². The molecule has 6 nitrogen and oxygen atoms in total. The lowest BCUT2D eigenvalue weighted by molar-refractivity contribution is -0.119. The monoisotopic (exact) mass is 483 g/mol. The normalized spacial score (nSPS) is 14.6. The molecule has 0 radical (unpaired) electrons. The molecule has 0 saturated carbocycles. The first-order chi connectivity index (χ1) is 15.6. The van der Waals surface area contributed by atoms with E-state index < -0.39 is 0 Å². The quantitative estimate of drug-likeness (QED) is 0.301. The van der Waals surface area contributed by atoms with E-state index in [9.17, 15) is 4.79 Å². The molecule has 9 heteroatoms. The first kappa shape index (κ1) is 21.7. The molecule has 1 amide bonds. The number of nitrogens with zero attached hydrogens (tertiary/aromatic N) is 4. The molecule has 1 aliphatic rings. The zero-order chi connectivity index (χ0) is 22.1. The Labute approximate surface area is 199 Å². The number of benzene rings is 1. The summed E-state index contributed by atoms with van der Waals surface area (Å²) in [7, 11) is 0. The Morgan fingerprint density at radius 1 is 1.19 bits per heavy atom. The maximum absolute atomic E-state index is 12.6. The van der Waals surface area contributed by atoms with Gasteiger partial charge in [-0.1, -0.05) is 53.9 Å². The van der Waals surface area contributed by atoms with Gasteiger partial charge in [0.25, 0.3) is 0 Å². The second kappa shape index (κ2) is 9.41. The topological polar surface area (TPSA) is 72.2 Å². The van der Waals surface area contributed by atoms with Gasteiger partial charge < -0.3 is 5.32 Å². The smallest absolute Gasteiger partial charge is 0.230 e. The third-order valence-corrected chi connectivity index (χ3v) is 8.46. The van der Waals surface area contributed by atoms with Crippen LogP contribution in [0.1, 0.15) is 35.8 Å². The standard InChI is InChI=1S/C23H25N5OS3/c1-14(12-15-8-4-3-5-9-15)24-18(29)13-31-23-27-26-20-19-16-10-6-7-11-17(16)32-21(19)25-22(30-2)28(20)23/h3-5,8-9,14H,6-7,10-13H2,1-2H3,(H,24,29). The summed E-state index contributed by atoms with van der Waals surface area (Å²) < 4.78 is 2.03. The van der Waals surface area contributed by atoms with Crippen LogP contribution in [-0.4, -0.2) is 43.5 Å². The van der Waals surface area contributed by atoms with Crippen molar-refractivity contribution in [2.45, 2.75) is 55.4 Å². The van der Waals surface area contributed by atoms with E-state index in [1.165, 1.54) is 40.6 Å². The summed E-state index contributed by atoms with van der Waals surface area (Å²) in [5.74, 6) is 0.302. The van der Waals surface area contributed by atoms with Crippen molar-refractivity contribution < 1.29 is 4.79 Å². The Bertz CT molecular complexity index is 1270. The molecule has 0 bridgehead atoms. The van der Waals surface area contributed by atoms with E-state index in [1.54, 1.807) is 23.1 Å². The van der Waals surface area contributed by atoms with E-state index in [1.807, 2.05) is 35.8 Å². The summed E-state index contributed by atoms with van der Waals surface area (Å²) in [6.07, 6.45) is 7.51. The molecule has 4 aromatic rings. The zero-order valence-corrected chi connectivity index (χ0v) is 20.6. The highest BCUT2D eigenvalue weighted by Gasteiger charge is 2.23. The first-order valence-corrected chi connectivity index (χ1v) is 13.9. The predicted molar refractivity (Wildman–Crippen MR) is 133 cm³/mol. The Morgan fingerprint density at radius 2 is 2.00 bits per heavy atom. The van der Waals surface area contributed by atoms with E-state index in [4.69, 9.17) is 4.98 Å². The van der Waals surface area contributed by atoms with Crippen LogP contribution in [0, 0.1) is 0 Å². The number of aromatic nitrogens is 4. The molecule has 1 N–H and O–H groups in total. The minimum Gasteiger partial charge on any atom is -0.353 e. The van der Waals surface area contributed by atoms with Crippen LogP contribution in [0.25, 0.3) is 15.9 Å². The molecule has 3 heterocycles. The van der Waals surface area contributed by atoms with Gasteiger partial charge in [-0.15, -0.1) is 21.5 Å². The summed E-state index contributed by atoms with van der Waals surface area (Å²) in [5.41, 5.74) is 3.49. The zero-order valence-electron chi connectivity index (χ0n) is 18.1. The molecule has 0 spiro atoms. The van der Waals surface area contributed by atoms with E-state index >= 15 is 0 Å². The summed E-state index contributed by atoms with van der Waals surface area (Å²) in [5, 5.41) is 14.8. The van der Waals surface area contributed by atoms with Crippen LogP contribution < -0.4 is 5.32 Å². The van der Waals surface area contributed by atoms with Gasteiger partial charge in [-0.05, 0) is 56.4 Å². The van der Waals surface area contributed by atoms with Crippen LogP contribution >= 0.6 is 34.9 Å². The largest absolute Gasteiger partial charge is 0.353 e. The molecule has 1 atom stereocenters. The average molecular weight is 484 g/mol. The van der Waals surface area contributed by atoms with Gasteiger partial charge >= 0.3 is 0 Å². The van der Waals surface area contributed by atoms with Gasteiger partial charge in [-0.3, -0.25) is 4.79 Å². The second-order valence-electron chi connectivity index (χ2n) is 8.08. The lowest BCUT2D eigenvalue weighted by Crippen LogP contribution is -2.35. The average Bonchev–Trinajstić information content (AvgIpc) is 3.38. The number of fused-ring (bicyclic) bond motifs is 5. The van der Waals surface area contributed by atoms with Crippen LogP contribution in [0.5, 0.6) is 0 Å². The van der Waals surface area contributed by atoms with Gasteiger partial charge in [0.2, 0.25) is 5.91 Å². The number of amides is 1. The van der Waals surface area contributed by atoms with Crippen molar-refractivity contribution in [3.63, 3.8) is 0 Å². The minimum absolute atomic E-state index is 0.00262. The SMILES string of the molecule is CSc1nc2sc3c(c2c2nnc(SCC(=O)NC(C)Cc4ccccc4)n12)CCCC3.